The number of carbonyl (C=O) groups is 1. The molecule has 0 unspecified atom stereocenters. The number of nitrogens with one attached hydrogen (secondary N) is 1. The number of sulfonamides is 1. The van der Waals surface area contributed by atoms with Gasteiger partial charge < -0.3 is 5.32 Å². The molecule has 3 aromatic rings. The van der Waals surface area contributed by atoms with Crippen LogP contribution in [-0.2, 0) is 23.0 Å². The van der Waals surface area contributed by atoms with Crippen LogP contribution in [0.25, 0.3) is 0 Å². The van der Waals surface area contributed by atoms with Crippen LogP contribution in [0.3, 0.4) is 0 Å². The van der Waals surface area contributed by atoms with Crippen LogP contribution < -0.4 is 9.62 Å². The number of hydrogen-bond donors (Lipinski definition) is 1. The molecule has 0 aliphatic rings. The van der Waals surface area contributed by atoms with Gasteiger partial charge in [0.05, 0.1) is 18.5 Å². The van der Waals surface area contributed by atoms with Gasteiger partial charge in [0.1, 0.15) is 0 Å². The van der Waals surface area contributed by atoms with Gasteiger partial charge >= 0.3 is 0 Å². The van der Waals surface area contributed by atoms with Crippen molar-refractivity contribution in [3.63, 3.8) is 0 Å². The molecule has 1 N–H and O–H groups in total. The van der Waals surface area contributed by atoms with Crippen molar-refractivity contribution in [3.8, 4) is 0 Å². The van der Waals surface area contributed by atoms with Gasteiger partial charge in [-0.15, -0.1) is 0 Å². The van der Waals surface area contributed by atoms with Crippen molar-refractivity contribution in [2.45, 2.75) is 13.0 Å². The van der Waals surface area contributed by atoms with E-state index < -0.39 is 21.7 Å². The Bertz CT molecular complexity index is 1200. The summed E-state index contributed by atoms with van der Waals surface area (Å²) in [7, 11) is -3.76. The van der Waals surface area contributed by atoms with Gasteiger partial charge in [-0.3, -0.25) is 9.10 Å². The zero-order chi connectivity index (χ0) is 23.3. The number of nitrogens with zero attached hydrogens (tertiary/aromatic N) is 1. The molecule has 5 nitrogen and oxygen atoms in total. The van der Waals surface area contributed by atoms with Crippen molar-refractivity contribution < 1.29 is 22.0 Å². The second-order valence-electron chi connectivity index (χ2n) is 7.20. The van der Waals surface area contributed by atoms with Crippen LogP contribution in [0, 0.1) is 11.6 Å². The van der Waals surface area contributed by atoms with Crippen molar-refractivity contribution in [2.75, 3.05) is 17.1 Å². The maximum Gasteiger partial charge on any atom is 0.251 e. The third-order valence-electron chi connectivity index (χ3n) is 4.75. The van der Waals surface area contributed by atoms with Crippen molar-refractivity contribution >= 4 is 33.2 Å². The SMILES string of the molecule is CS(=O)(=O)N(Cc1ccc(C(=O)NCCc2ccc(Cl)cc2)cc1)c1ccc(F)c(F)c1. The molecular weight excluding hydrogens is 458 g/mol. The van der Waals surface area contributed by atoms with E-state index in [1.54, 1.807) is 36.4 Å². The molecule has 9 heteroatoms. The minimum absolute atomic E-state index is 0.00965. The summed E-state index contributed by atoms with van der Waals surface area (Å²) in [6, 6.07) is 16.7. The molecule has 3 rings (SSSR count). The molecule has 168 valence electrons. The lowest BCUT2D eigenvalue weighted by Crippen LogP contribution is -2.29. The smallest absolute Gasteiger partial charge is 0.251 e. The Balaban J connectivity index is 1.64. The van der Waals surface area contributed by atoms with E-state index in [4.69, 9.17) is 11.6 Å². The number of hydrogen-bond acceptors (Lipinski definition) is 3. The van der Waals surface area contributed by atoms with E-state index in [2.05, 4.69) is 5.32 Å². The lowest BCUT2D eigenvalue weighted by Gasteiger charge is -2.22. The molecule has 0 heterocycles. The molecule has 0 spiro atoms. The molecular formula is C23H21ClF2N2O3S. The highest BCUT2D eigenvalue weighted by Crippen LogP contribution is 2.23. The Labute approximate surface area is 190 Å². The van der Waals surface area contributed by atoms with Crippen molar-refractivity contribution in [1.29, 1.82) is 0 Å². The first kappa shape index (κ1) is 23.7. The fourth-order valence-corrected chi connectivity index (χ4v) is 4.05. The lowest BCUT2D eigenvalue weighted by molar-refractivity contribution is 0.0954. The van der Waals surface area contributed by atoms with Gasteiger partial charge in [-0.2, -0.15) is 0 Å². The van der Waals surface area contributed by atoms with Gasteiger partial charge in [0.2, 0.25) is 10.0 Å². The molecule has 0 aliphatic carbocycles. The van der Waals surface area contributed by atoms with E-state index in [-0.39, 0.29) is 18.1 Å². The van der Waals surface area contributed by atoms with Gasteiger partial charge in [-0.25, -0.2) is 17.2 Å². The van der Waals surface area contributed by atoms with Gasteiger partial charge in [0, 0.05) is 23.2 Å². The number of rotatable bonds is 8. The summed E-state index contributed by atoms with van der Waals surface area (Å²) in [6.45, 7) is 0.350. The molecule has 3 aromatic carbocycles. The predicted octanol–water partition coefficient (Wildman–Crippen LogP) is 4.56. The van der Waals surface area contributed by atoms with Crippen LogP contribution in [-0.4, -0.2) is 27.1 Å². The fourth-order valence-electron chi connectivity index (χ4n) is 3.04. The Morgan fingerprint density at radius 3 is 2.16 bits per heavy atom. The highest BCUT2D eigenvalue weighted by Gasteiger charge is 2.19. The summed E-state index contributed by atoms with van der Waals surface area (Å²) in [5.41, 5.74) is 2.06. The van der Waals surface area contributed by atoms with E-state index in [0.29, 0.717) is 29.1 Å². The standard InChI is InChI=1S/C23H21ClF2N2O3S/c1-32(30,31)28(20-10-11-21(25)22(26)14-20)15-17-2-6-18(7-3-17)23(29)27-13-12-16-4-8-19(24)9-5-16/h2-11,14H,12-13,15H2,1H3,(H,27,29). The number of benzene rings is 3. The number of halogens is 3. The predicted molar refractivity (Wildman–Crippen MR) is 121 cm³/mol. The van der Waals surface area contributed by atoms with Crippen LogP contribution in [0.5, 0.6) is 0 Å². The Kier molecular flexibility index (Phi) is 7.48. The molecule has 0 atom stereocenters. The maximum atomic E-state index is 13.6. The first-order valence-corrected chi connectivity index (χ1v) is 11.9. The summed E-state index contributed by atoms with van der Waals surface area (Å²) in [4.78, 5) is 12.4. The molecule has 0 radical (unpaired) electrons. The van der Waals surface area contributed by atoms with Crippen molar-refractivity contribution in [3.05, 3.63) is 100 Å². The highest BCUT2D eigenvalue weighted by atomic mass is 35.5. The summed E-state index contributed by atoms with van der Waals surface area (Å²) >= 11 is 5.86. The molecule has 0 aliphatic heterocycles. The molecule has 32 heavy (non-hydrogen) atoms. The third kappa shape index (κ3) is 6.27. The Morgan fingerprint density at radius 1 is 0.938 bits per heavy atom. The normalized spacial score (nSPS) is 11.2. The topological polar surface area (TPSA) is 66.5 Å². The van der Waals surface area contributed by atoms with Gasteiger partial charge in [0.25, 0.3) is 5.91 Å². The summed E-state index contributed by atoms with van der Waals surface area (Å²) in [5.74, 6) is -2.46. The van der Waals surface area contributed by atoms with E-state index in [0.717, 1.165) is 28.3 Å². The zero-order valence-electron chi connectivity index (χ0n) is 17.2. The molecule has 0 bridgehead atoms. The van der Waals surface area contributed by atoms with E-state index in [9.17, 15) is 22.0 Å². The second-order valence-corrected chi connectivity index (χ2v) is 9.54. The van der Waals surface area contributed by atoms with E-state index >= 15 is 0 Å². The van der Waals surface area contributed by atoms with Gasteiger partial charge in [-0.05, 0) is 53.9 Å². The van der Waals surface area contributed by atoms with Crippen molar-refractivity contribution in [2.24, 2.45) is 0 Å². The van der Waals surface area contributed by atoms with Crippen molar-refractivity contribution in [1.82, 2.24) is 5.32 Å². The number of carbonyl (C=O) groups excluding carboxylic acids is 1. The molecule has 0 saturated carbocycles. The average molecular weight is 479 g/mol. The monoisotopic (exact) mass is 478 g/mol. The van der Waals surface area contributed by atoms with E-state index in [1.807, 2.05) is 12.1 Å². The maximum absolute atomic E-state index is 13.6. The first-order valence-electron chi connectivity index (χ1n) is 9.68. The Morgan fingerprint density at radius 2 is 1.56 bits per heavy atom. The van der Waals surface area contributed by atoms with Gasteiger partial charge in [0.15, 0.2) is 11.6 Å². The molecule has 0 saturated heterocycles. The van der Waals surface area contributed by atoms with Crippen LogP contribution in [0.2, 0.25) is 5.02 Å². The largest absolute Gasteiger partial charge is 0.352 e. The molecule has 1 amide bonds. The highest BCUT2D eigenvalue weighted by molar-refractivity contribution is 7.92. The summed E-state index contributed by atoms with van der Waals surface area (Å²) in [6.07, 6.45) is 1.63. The minimum Gasteiger partial charge on any atom is -0.352 e. The van der Waals surface area contributed by atoms with Crippen LogP contribution >= 0.6 is 11.6 Å². The third-order valence-corrected chi connectivity index (χ3v) is 6.14. The number of anilines is 1. The zero-order valence-corrected chi connectivity index (χ0v) is 18.8. The van der Waals surface area contributed by atoms with Crippen LogP contribution in [0.4, 0.5) is 14.5 Å². The first-order chi connectivity index (χ1) is 15.1. The minimum atomic E-state index is -3.76. The Hall–Kier alpha value is -2.97. The van der Waals surface area contributed by atoms with Crippen LogP contribution in [0.1, 0.15) is 21.5 Å². The second kappa shape index (κ2) is 10.1. The fraction of sp³-hybridized carbons (Fsp3) is 0.174. The number of amides is 1. The lowest BCUT2D eigenvalue weighted by atomic mass is 10.1. The van der Waals surface area contributed by atoms with E-state index in [1.165, 1.54) is 6.07 Å². The quantitative estimate of drug-likeness (QED) is 0.516. The van der Waals surface area contributed by atoms with Gasteiger partial charge in [-0.1, -0.05) is 35.9 Å². The van der Waals surface area contributed by atoms with Crippen LogP contribution in [0.15, 0.2) is 66.7 Å². The molecule has 0 aromatic heterocycles. The average Bonchev–Trinajstić information content (AvgIpc) is 2.75. The molecule has 0 fully saturated rings. The summed E-state index contributed by atoms with van der Waals surface area (Å²) < 4.78 is 52.2. The summed E-state index contributed by atoms with van der Waals surface area (Å²) in [5, 5.41) is 3.48.